The minimum absolute atomic E-state index is 0. The van der Waals surface area contributed by atoms with Gasteiger partial charge in [-0.15, -0.1) is 12.4 Å². The molecule has 0 aliphatic carbocycles. The number of rotatable bonds is 0. The Morgan fingerprint density at radius 3 is 3.00 bits per heavy atom. The summed E-state index contributed by atoms with van der Waals surface area (Å²) in [7, 11) is 0. The average molecular weight is 219 g/mol. The molecule has 1 aromatic rings. The van der Waals surface area contributed by atoms with E-state index in [9.17, 15) is 0 Å². The third-order valence-electron chi connectivity index (χ3n) is 2.44. The molecule has 0 fully saturated rings. The van der Waals surface area contributed by atoms with Crippen LogP contribution >= 0.6 is 12.4 Å². The smallest absolute Gasteiger partial charge is 0.133 e. The topological polar surface area (TPSA) is 15.6 Å². The summed E-state index contributed by atoms with van der Waals surface area (Å²) in [6.07, 6.45) is 8.37. The van der Waals surface area contributed by atoms with Crippen LogP contribution in [0.4, 0.5) is 0 Å². The molecule has 2 aliphatic rings. The number of allylic oxidation sites excluding steroid dienone is 2. The third-order valence-corrected chi connectivity index (χ3v) is 2.44. The Kier molecular flexibility index (Phi) is 2.60. The lowest BCUT2D eigenvalue weighted by molar-refractivity contribution is 0.535. The fourth-order valence-corrected chi connectivity index (χ4v) is 1.73. The van der Waals surface area contributed by atoms with E-state index in [2.05, 4.69) is 34.3 Å². The Balaban J connectivity index is 0.000000853. The zero-order chi connectivity index (χ0) is 9.38. The van der Waals surface area contributed by atoms with Gasteiger partial charge in [0.15, 0.2) is 0 Å². The summed E-state index contributed by atoms with van der Waals surface area (Å²) >= 11 is 0. The Hall–Kier alpha value is -1.54. The minimum Gasteiger partial charge on any atom is -0.329 e. The van der Waals surface area contributed by atoms with Gasteiger partial charge in [-0.25, -0.2) is 4.99 Å². The van der Waals surface area contributed by atoms with Crippen LogP contribution in [0.25, 0.3) is 6.20 Å². The largest absolute Gasteiger partial charge is 0.329 e. The third kappa shape index (κ3) is 1.68. The highest BCUT2D eigenvalue weighted by Gasteiger charge is 2.09. The summed E-state index contributed by atoms with van der Waals surface area (Å²) in [6.45, 7) is 0.920. The second-order valence-corrected chi connectivity index (χ2v) is 3.41. The van der Waals surface area contributed by atoms with Gasteiger partial charge in [-0.1, -0.05) is 30.4 Å². The monoisotopic (exact) mass is 218 g/mol. The molecular formula is C12H11ClN2. The highest BCUT2D eigenvalue weighted by Crippen LogP contribution is 2.11. The zero-order valence-corrected chi connectivity index (χ0v) is 8.95. The van der Waals surface area contributed by atoms with E-state index < -0.39 is 0 Å². The van der Waals surface area contributed by atoms with E-state index in [1.54, 1.807) is 0 Å². The van der Waals surface area contributed by atoms with Gasteiger partial charge in [0, 0.05) is 18.0 Å². The molecule has 0 bridgehead atoms. The predicted octanol–water partition coefficient (Wildman–Crippen LogP) is 1.19. The van der Waals surface area contributed by atoms with Crippen LogP contribution in [-0.2, 0) is 0 Å². The van der Waals surface area contributed by atoms with Crippen molar-refractivity contribution in [2.75, 3.05) is 6.54 Å². The van der Waals surface area contributed by atoms with E-state index in [1.165, 1.54) is 5.22 Å². The lowest BCUT2D eigenvalue weighted by Gasteiger charge is -2.23. The first-order chi connectivity index (χ1) is 6.93. The Labute approximate surface area is 94.3 Å². The van der Waals surface area contributed by atoms with Crippen molar-refractivity contribution >= 4 is 18.6 Å². The maximum atomic E-state index is 4.57. The van der Waals surface area contributed by atoms with E-state index in [-0.39, 0.29) is 12.4 Å². The summed E-state index contributed by atoms with van der Waals surface area (Å²) in [5.41, 5.74) is 0. The van der Waals surface area contributed by atoms with Gasteiger partial charge in [0.25, 0.3) is 0 Å². The number of benzene rings is 1. The highest BCUT2D eigenvalue weighted by atomic mass is 35.5. The van der Waals surface area contributed by atoms with Gasteiger partial charge in [0.1, 0.15) is 5.82 Å². The SMILES string of the molecule is C1=CCN2C=c3ccccc3=NC2=C1.Cl. The molecule has 2 nitrogen and oxygen atoms in total. The molecule has 3 rings (SSSR count). The minimum atomic E-state index is 0. The first kappa shape index (κ1) is 9.99. The van der Waals surface area contributed by atoms with Crippen molar-refractivity contribution in [3.8, 4) is 0 Å². The van der Waals surface area contributed by atoms with Crippen LogP contribution in [0.15, 0.2) is 53.3 Å². The first-order valence-electron chi connectivity index (χ1n) is 4.72. The van der Waals surface area contributed by atoms with Crippen molar-refractivity contribution in [2.24, 2.45) is 4.99 Å². The van der Waals surface area contributed by atoms with Crippen molar-refractivity contribution < 1.29 is 0 Å². The molecule has 0 N–H and O–H groups in total. The number of nitrogens with zero attached hydrogens (tertiary/aromatic N) is 2. The second kappa shape index (κ2) is 3.91. The molecule has 0 spiro atoms. The van der Waals surface area contributed by atoms with Gasteiger partial charge in [-0.2, -0.15) is 0 Å². The van der Waals surface area contributed by atoms with Crippen molar-refractivity contribution in [2.45, 2.75) is 0 Å². The molecule has 1 aromatic carbocycles. The van der Waals surface area contributed by atoms with Crippen LogP contribution in [0.2, 0.25) is 0 Å². The molecule has 3 heteroatoms. The van der Waals surface area contributed by atoms with Gasteiger partial charge in [-0.05, 0) is 12.1 Å². The van der Waals surface area contributed by atoms with Crippen LogP contribution in [0.5, 0.6) is 0 Å². The van der Waals surface area contributed by atoms with Crippen LogP contribution in [0, 0.1) is 0 Å². The Morgan fingerprint density at radius 2 is 2.07 bits per heavy atom. The lowest BCUT2D eigenvalue weighted by atomic mass is 10.2. The van der Waals surface area contributed by atoms with Crippen molar-refractivity contribution in [3.63, 3.8) is 0 Å². The summed E-state index contributed by atoms with van der Waals surface area (Å²) in [5.74, 6) is 1.03. The van der Waals surface area contributed by atoms with E-state index in [0.717, 1.165) is 17.7 Å². The Morgan fingerprint density at radius 1 is 1.20 bits per heavy atom. The lowest BCUT2D eigenvalue weighted by Crippen LogP contribution is -2.35. The molecule has 0 radical (unpaired) electrons. The molecule has 0 saturated heterocycles. The second-order valence-electron chi connectivity index (χ2n) is 3.41. The van der Waals surface area contributed by atoms with Crippen molar-refractivity contribution in [3.05, 3.63) is 58.9 Å². The molecule has 76 valence electrons. The molecule has 2 aliphatic heterocycles. The number of halogens is 1. The molecular weight excluding hydrogens is 208 g/mol. The van der Waals surface area contributed by atoms with Crippen LogP contribution in [0.3, 0.4) is 0 Å². The summed E-state index contributed by atoms with van der Waals surface area (Å²) in [6, 6.07) is 8.20. The number of fused-ring (bicyclic) bond motifs is 2. The van der Waals surface area contributed by atoms with Gasteiger partial charge < -0.3 is 4.90 Å². The Bertz CT molecular complexity index is 543. The molecule has 0 atom stereocenters. The molecule has 0 amide bonds. The van der Waals surface area contributed by atoms with Gasteiger partial charge >= 0.3 is 0 Å². The molecule has 2 heterocycles. The fourth-order valence-electron chi connectivity index (χ4n) is 1.73. The standard InChI is InChI=1S/C12H10N2.ClH/c1-2-6-11-10(5-1)9-14-8-4-3-7-12(14)13-11;/h1-7,9H,8H2;1H. The molecule has 0 aromatic heterocycles. The number of hydrogen-bond donors (Lipinski definition) is 0. The van der Waals surface area contributed by atoms with E-state index in [4.69, 9.17) is 0 Å². The van der Waals surface area contributed by atoms with Crippen LogP contribution in [0.1, 0.15) is 0 Å². The first-order valence-corrected chi connectivity index (χ1v) is 4.72. The van der Waals surface area contributed by atoms with E-state index >= 15 is 0 Å². The quantitative estimate of drug-likeness (QED) is 0.639. The van der Waals surface area contributed by atoms with Crippen LogP contribution in [-0.4, -0.2) is 11.4 Å². The fraction of sp³-hybridized carbons (Fsp3) is 0.0833. The van der Waals surface area contributed by atoms with Gasteiger partial charge in [-0.3, -0.25) is 0 Å². The summed E-state index contributed by atoms with van der Waals surface area (Å²) < 4.78 is 0. The average Bonchev–Trinajstić information content (AvgIpc) is 2.26. The highest BCUT2D eigenvalue weighted by molar-refractivity contribution is 5.85. The molecule has 15 heavy (non-hydrogen) atoms. The molecule has 0 unspecified atom stereocenters. The summed E-state index contributed by atoms with van der Waals surface area (Å²) in [5, 5.41) is 2.25. The predicted molar refractivity (Wildman–Crippen MR) is 62.9 cm³/mol. The van der Waals surface area contributed by atoms with Crippen molar-refractivity contribution in [1.29, 1.82) is 0 Å². The zero-order valence-electron chi connectivity index (χ0n) is 8.13. The maximum absolute atomic E-state index is 4.57. The number of hydrogen-bond acceptors (Lipinski definition) is 2. The van der Waals surface area contributed by atoms with Crippen molar-refractivity contribution in [1.82, 2.24) is 4.90 Å². The molecule has 0 saturated carbocycles. The summed E-state index contributed by atoms with van der Waals surface area (Å²) in [4.78, 5) is 6.73. The van der Waals surface area contributed by atoms with E-state index in [0.29, 0.717) is 0 Å². The van der Waals surface area contributed by atoms with Gasteiger partial charge in [0.05, 0.1) is 5.36 Å². The van der Waals surface area contributed by atoms with Crippen LogP contribution < -0.4 is 10.6 Å². The number of para-hydroxylation sites is 1. The van der Waals surface area contributed by atoms with Gasteiger partial charge in [0.2, 0.25) is 0 Å². The van der Waals surface area contributed by atoms with E-state index in [1.807, 2.05) is 24.3 Å². The maximum Gasteiger partial charge on any atom is 0.133 e. The normalized spacial score (nSPS) is 16.3.